The largest absolute Gasteiger partial charge is 0.368 e. The Hall–Kier alpha value is -2.43. The highest BCUT2D eigenvalue weighted by Crippen LogP contribution is 2.31. The lowest BCUT2D eigenvalue weighted by molar-refractivity contribution is -0.116. The van der Waals surface area contributed by atoms with Gasteiger partial charge in [0.1, 0.15) is 0 Å². The highest BCUT2D eigenvalue weighted by Gasteiger charge is 2.25. The van der Waals surface area contributed by atoms with E-state index < -0.39 is 11.6 Å². The van der Waals surface area contributed by atoms with Crippen LogP contribution in [-0.4, -0.2) is 18.5 Å². The molecule has 1 aliphatic rings. The van der Waals surface area contributed by atoms with Crippen LogP contribution in [0.1, 0.15) is 18.9 Å². The minimum absolute atomic E-state index is 0.215. The number of halogens is 2. The number of nitrogens with one attached hydrogen (secondary N) is 1. The molecule has 3 nitrogen and oxygen atoms in total. The smallest absolute Gasteiger partial charge is 0.226 e. The second kappa shape index (κ2) is 6.36. The van der Waals surface area contributed by atoms with Gasteiger partial charge in [0.2, 0.25) is 5.91 Å². The lowest BCUT2D eigenvalue weighted by Gasteiger charge is -2.24. The lowest BCUT2D eigenvalue weighted by Crippen LogP contribution is -2.32. The Bertz CT molecular complexity index is 733. The third-order valence-electron chi connectivity index (χ3n) is 4.13. The molecule has 0 saturated carbocycles. The fourth-order valence-corrected chi connectivity index (χ4v) is 2.99. The maximum absolute atomic E-state index is 13.1. The molecule has 1 atom stereocenters. The van der Waals surface area contributed by atoms with Crippen molar-refractivity contribution in [2.75, 3.05) is 16.8 Å². The van der Waals surface area contributed by atoms with Crippen LogP contribution < -0.4 is 10.2 Å². The van der Waals surface area contributed by atoms with Gasteiger partial charge in [0, 0.05) is 36.4 Å². The van der Waals surface area contributed by atoms with E-state index in [-0.39, 0.29) is 18.0 Å². The molecule has 23 heavy (non-hydrogen) atoms. The van der Waals surface area contributed by atoms with Gasteiger partial charge < -0.3 is 10.2 Å². The molecule has 2 aromatic rings. The van der Waals surface area contributed by atoms with Gasteiger partial charge in [-0.05, 0) is 37.1 Å². The third kappa shape index (κ3) is 3.33. The molecule has 2 aromatic carbocycles. The summed E-state index contributed by atoms with van der Waals surface area (Å²) in [4.78, 5) is 14.2. The summed E-state index contributed by atoms with van der Waals surface area (Å²) in [6, 6.07) is 11.9. The van der Waals surface area contributed by atoms with Gasteiger partial charge in [-0.25, -0.2) is 8.78 Å². The quantitative estimate of drug-likeness (QED) is 0.932. The first kappa shape index (κ1) is 15.5. The van der Waals surface area contributed by atoms with E-state index in [1.165, 1.54) is 17.3 Å². The van der Waals surface area contributed by atoms with E-state index in [4.69, 9.17) is 0 Å². The number of hydrogen-bond donors (Lipinski definition) is 1. The normalized spacial score (nSPS) is 16.3. The molecule has 1 amide bonds. The predicted molar refractivity (Wildman–Crippen MR) is 86.6 cm³/mol. The molecule has 1 heterocycles. The number of carbonyl (C=O) groups excluding carboxylic acids is 1. The first-order chi connectivity index (χ1) is 11.0. The molecule has 0 radical (unpaired) electrons. The SMILES string of the molecule is CC1Cc2ccccc2N1CCC(=O)Nc1ccc(F)c(F)c1. The summed E-state index contributed by atoms with van der Waals surface area (Å²) in [6.45, 7) is 2.72. The Kier molecular flexibility index (Phi) is 4.28. The topological polar surface area (TPSA) is 32.3 Å². The van der Waals surface area contributed by atoms with Crippen molar-refractivity contribution >= 4 is 17.3 Å². The van der Waals surface area contributed by atoms with Gasteiger partial charge in [-0.2, -0.15) is 0 Å². The summed E-state index contributed by atoms with van der Waals surface area (Å²) < 4.78 is 26.0. The van der Waals surface area contributed by atoms with Crippen LogP contribution in [0.5, 0.6) is 0 Å². The van der Waals surface area contributed by atoms with Crippen LogP contribution in [0, 0.1) is 11.6 Å². The van der Waals surface area contributed by atoms with Gasteiger partial charge in [-0.15, -0.1) is 0 Å². The molecule has 3 rings (SSSR count). The molecular formula is C18H18F2N2O. The van der Waals surface area contributed by atoms with Gasteiger partial charge in [-0.3, -0.25) is 4.79 Å². The summed E-state index contributed by atoms with van der Waals surface area (Å²) in [5.41, 5.74) is 2.73. The number of rotatable bonds is 4. The van der Waals surface area contributed by atoms with Crippen molar-refractivity contribution in [1.29, 1.82) is 0 Å². The van der Waals surface area contributed by atoms with Gasteiger partial charge in [0.05, 0.1) is 0 Å². The van der Waals surface area contributed by atoms with E-state index >= 15 is 0 Å². The zero-order chi connectivity index (χ0) is 16.4. The van der Waals surface area contributed by atoms with E-state index in [1.54, 1.807) is 0 Å². The number of benzene rings is 2. The summed E-state index contributed by atoms with van der Waals surface area (Å²) in [7, 11) is 0. The van der Waals surface area contributed by atoms with E-state index in [2.05, 4.69) is 29.3 Å². The van der Waals surface area contributed by atoms with Crippen LogP contribution in [-0.2, 0) is 11.2 Å². The van der Waals surface area contributed by atoms with Gasteiger partial charge in [0.25, 0.3) is 0 Å². The van der Waals surface area contributed by atoms with Crippen LogP contribution in [0.2, 0.25) is 0 Å². The van der Waals surface area contributed by atoms with Crippen molar-refractivity contribution in [2.45, 2.75) is 25.8 Å². The van der Waals surface area contributed by atoms with E-state index in [9.17, 15) is 13.6 Å². The average Bonchev–Trinajstić information content (AvgIpc) is 2.84. The zero-order valence-electron chi connectivity index (χ0n) is 12.9. The molecule has 0 spiro atoms. The first-order valence-electron chi connectivity index (χ1n) is 7.64. The first-order valence-corrected chi connectivity index (χ1v) is 7.64. The summed E-state index contributed by atoms with van der Waals surface area (Å²) in [5, 5.41) is 2.60. The summed E-state index contributed by atoms with van der Waals surface area (Å²) in [6.07, 6.45) is 1.26. The molecule has 0 saturated heterocycles. The van der Waals surface area contributed by atoms with Crippen molar-refractivity contribution in [1.82, 2.24) is 0 Å². The zero-order valence-corrected chi connectivity index (χ0v) is 12.9. The number of para-hydroxylation sites is 1. The van der Waals surface area contributed by atoms with Gasteiger partial charge in [-0.1, -0.05) is 18.2 Å². The Labute approximate surface area is 133 Å². The number of nitrogens with zero attached hydrogens (tertiary/aromatic N) is 1. The highest BCUT2D eigenvalue weighted by atomic mass is 19.2. The Balaban J connectivity index is 1.60. The molecule has 0 aromatic heterocycles. The molecule has 1 unspecified atom stereocenters. The molecular weight excluding hydrogens is 298 g/mol. The van der Waals surface area contributed by atoms with Crippen LogP contribution in [0.15, 0.2) is 42.5 Å². The van der Waals surface area contributed by atoms with E-state index in [0.29, 0.717) is 12.6 Å². The van der Waals surface area contributed by atoms with Gasteiger partial charge in [0.15, 0.2) is 11.6 Å². The number of anilines is 2. The molecule has 0 aliphatic carbocycles. The van der Waals surface area contributed by atoms with Crippen LogP contribution in [0.25, 0.3) is 0 Å². The van der Waals surface area contributed by atoms with Crippen molar-refractivity contribution < 1.29 is 13.6 Å². The monoisotopic (exact) mass is 316 g/mol. The number of hydrogen-bond acceptors (Lipinski definition) is 2. The highest BCUT2D eigenvalue weighted by molar-refractivity contribution is 5.91. The second-order valence-electron chi connectivity index (χ2n) is 5.80. The minimum Gasteiger partial charge on any atom is -0.368 e. The number of carbonyl (C=O) groups is 1. The number of fused-ring (bicyclic) bond motifs is 1. The van der Waals surface area contributed by atoms with Crippen molar-refractivity contribution in [3.8, 4) is 0 Å². The van der Waals surface area contributed by atoms with Crippen LogP contribution in [0.4, 0.5) is 20.2 Å². The van der Waals surface area contributed by atoms with Gasteiger partial charge >= 0.3 is 0 Å². The van der Waals surface area contributed by atoms with Crippen molar-refractivity contribution in [2.24, 2.45) is 0 Å². The fourth-order valence-electron chi connectivity index (χ4n) is 2.99. The molecule has 120 valence electrons. The molecule has 1 aliphatic heterocycles. The minimum atomic E-state index is -0.968. The van der Waals surface area contributed by atoms with Crippen LogP contribution >= 0.6 is 0 Å². The molecule has 0 bridgehead atoms. The molecule has 0 fully saturated rings. The van der Waals surface area contributed by atoms with E-state index in [1.807, 2.05) is 12.1 Å². The predicted octanol–water partition coefficient (Wildman–Crippen LogP) is 3.74. The molecule has 5 heteroatoms. The number of amides is 1. The average molecular weight is 316 g/mol. The summed E-state index contributed by atoms with van der Waals surface area (Å²) >= 11 is 0. The van der Waals surface area contributed by atoms with Crippen molar-refractivity contribution in [3.63, 3.8) is 0 Å². The van der Waals surface area contributed by atoms with Crippen molar-refractivity contribution in [3.05, 3.63) is 59.7 Å². The van der Waals surface area contributed by atoms with E-state index in [0.717, 1.165) is 18.6 Å². The Morgan fingerprint density at radius 1 is 1.22 bits per heavy atom. The Morgan fingerprint density at radius 3 is 2.78 bits per heavy atom. The Morgan fingerprint density at radius 2 is 2.00 bits per heavy atom. The summed E-state index contributed by atoms with van der Waals surface area (Å²) in [5.74, 6) is -2.11. The third-order valence-corrected chi connectivity index (χ3v) is 4.13. The maximum atomic E-state index is 13.1. The fraction of sp³-hybridized carbons (Fsp3) is 0.278. The van der Waals surface area contributed by atoms with Crippen LogP contribution in [0.3, 0.4) is 0 Å². The standard InChI is InChI=1S/C18H18F2N2O/c1-12-10-13-4-2-3-5-17(13)22(12)9-8-18(23)21-14-6-7-15(19)16(20)11-14/h2-7,11-12H,8-10H2,1H3,(H,21,23). The maximum Gasteiger partial charge on any atom is 0.226 e. The lowest BCUT2D eigenvalue weighted by atomic mass is 10.1. The molecule has 1 N–H and O–H groups in total. The second-order valence-corrected chi connectivity index (χ2v) is 5.80.